The summed E-state index contributed by atoms with van der Waals surface area (Å²) in [7, 11) is 4.10. The summed E-state index contributed by atoms with van der Waals surface area (Å²) in [5, 5.41) is 64.6. The molecule has 0 heterocycles. The summed E-state index contributed by atoms with van der Waals surface area (Å²) in [4.78, 5) is 148. The highest BCUT2D eigenvalue weighted by Crippen LogP contribution is 2.19. The standard InChI is InChI=1S/C55H79N13O15S2/c1-29(2)47(55(83)66-40(24-33-13-19-36(72)20-14-33)53(81)67-42(28-85-84-5)48(76)59-4)68-45(75)27-61-50(78)41(25-43(57)73)62-44(74)26-60-49(77)38(22-31-9-15-34(70)16-10-31)64-52(80)39(23-32-11-17-35(71)18-12-32)65-51(79)37(8-6-7-21-56)63-54(82)46(58)30(3)69/h9-20,29-30,37-42,46-47,69-72H,6-8,21-28,56,58H2,1-5H3,(H2,57,73)(H,59,76)(H,60,77)(H,61,78)(H,62,74)(H,63,82)(H,64,80)(H,65,79)(H,66,83)(H,67,81)(H,68,75)/t30-,37?,38?,39?,40?,41?,42?,46?,47?/m0/s1. The van der Waals surface area contributed by atoms with Crippen molar-refractivity contribution in [1.29, 1.82) is 0 Å². The van der Waals surface area contributed by atoms with Crippen molar-refractivity contribution >= 4 is 86.6 Å². The molecule has 0 saturated carbocycles. The van der Waals surface area contributed by atoms with Crippen LogP contribution in [-0.4, -0.2) is 179 Å². The van der Waals surface area contributed by atoms with E-state index in [1.165, 1.54) is 108 Å². The minimum absolute atomic E-state index is 0.0455. The molecular weight excluding hydrogens is 1150 g/mol. The highest BCUT2D eigenvalue weighted by atomic mass is 33.1. The lowest BCUT2D eigenvalue weighted by molar-refractivity contribution is -0.135. The number of aromatic hydroxyl groups is 3. The van der Waals surface area contributed by atoms with Crippen molar-refractivity contribution in [2.45, 2.75) is 120 Å². The summed E-state index contributed by atoms with van der Waals surface area (Å²) in [5.41, 5.74) is 18.3. The molecule has 11 amide bonds. The van der Waals surface area contributed by atoms with Gasteiger partial charge in [0, 0.05) is 32.1 Å². The van der Waals surface area contributed by atoms with Crippen LogP contribution in [0.4, 0.5) is 0 Å². The number of carbonyl (C=O) groups is 11. The fraction of sp³-hybridized carbons (Fsp3) is 0.473. The predicted molar refractivity (Wildman–Crippen MR) is 316 cm³/mol. The molecule has 20 N–H and O–H groups in total. The van der Waals surface area contributed by atoms with Gasteiger partial charge in [-0.2, -0.15) is 0 Å². The smallest absolute Gasteiger partial charge is 0.243 e. The Kier molecular flexibility index (Phi) is 30.5. The average Bonchev–Trinajstić information content (AvgIpc) is 3.67. The first-order valence-electron chi connectivity index (χ1n) is 27.0. The Bertz CT molecular complexity index is 2740. The van der Waals surface area contributed by atoms with Gasteiger partial charge in [0.2, 0.25) is 65.0 Å². The van der Waals surface area contributed by atoms with Crippen molar-refractivity contribution in [1.82, 2.24) is 53.2 Å². The quantitative estimate of drug-likeness (QED) is 0.0199. The van der Waals surface area contributed by atoms with Gasteiger partial charge in [-0.1, -0.05) is 71.8 Å². The van der Waals surface area contributed by atoms with E-state index >= 15 is 0 Å². The van der Waals surface area contributed by atoms with E-state index in [0.717, 1.165) is 0 Å². The maximum atomic E-state index is 14.3. The van der Waals surface area contributed by atoms with Gasteiger partial charge in [-0.25, -0.2) is 0 Å². The van der Waals surface area contributed by atoms with E-state index < -0.39 is 145 Å². The molecular formula is C55H79N13O15S2. The minimum atomic E-state index is -1.71. The van der Waals surface area contributed by atoms with Crippen LogP contribution in [0.1, 0.15) is 63.1 Å². The van der Waals surface area contributed by atoms with Crippen molar-refractivity contribution in [3.8, 4) is 17.2 Å². The fourth-order valence-electron chi connectivity index (χ4n) is 8.05. The lowest BCUT2D eigenvalue weighted by Gasteiger charge is -2.27. The molecule has 3 rings (SSSR count). The third-order valence-electron chi connectivity index (χ3n) is 12.8. The first-order valence-corrected chi connectivity index (χ1v) is 29.8. The van der Waals surface area contributed by atoms with Gasteiger partial charge in [0.1, 0.15) is 65.6 Å². The number of nitrogens with two attached hydrogens (primary N) is 3. The highest BCUT2D eigenvalue weighted by molar-refractivity contribution is 8.76. The lowest BCUT2D eigenvalue weighted by atomic mass is 10.0. The first-order chi connectivity index (χ1) is 40.2. The second kappa shape index (κ2) is 36.5. The Morgan fingerprint density at radius 1 is 0.506 bits per heavy atom. The molecule has 0 fully saturated rings. The second-order valence-corrected chi connectivity index (χ2v) is 22.7. The fourth-order valence-corrected chi connectivity index (χ4v) is 9.37. The molecule has 0 aliphatic carbocycles. The number of phenols is 3. The van der Waals surface area contributed by atoms with Crippen molar-refractivity contribution < 1.29 is 73.2 Å². The van der Waals surface area contributed by atoms with Gasteiger partial charge in [0.05, 0.1) is 25.6 Å². The van der Waals surface area contributed by atoms with E-state index in [9.17, 15) is 73.2 Å². The molecule has 8 unspecified atom stereocenters. The second-order valence-electron chi connectivity index (χ2n) is 20.0. The Morgan fingerprint density at radius 2 is 0.906 bits per heavy atom. The average molecular weight is 1230 g/mol. The molecule has 3 aromatic rings. The zero-order valence-electron chi connectivity index (χ0n) is 47.8. The number of amides is 11. The zero-order chi connectivity index (χ0) is 63.3. The van der Waals surface area contributed by atoms with Crippen molar-refractivity contribution in [3.63, 3.8) is 0 Å². The largest absolute Gasteiger partial charge is 0.508 e. The molecule has 0 spiro atoms. The van der Waals surface area contributed by atoms with Crippen LogP contribution < -0.4 is 70.4 Å². The Balaban J connectivity index is 1.79. The number of phenolic OH excluding ortho intramolecular Hbond substituents is 3. The highest BCUT2D eigenvalue weighted by Gasteiger charge is 2.34. The van der Waals surface area contributed by atoms with Crippen LogP contribution in [0.25, 0.3) is 0 Å². The van der Waals surface area contributed by atoms with E-state index in [-0.39, 0.29) is 55.2 Å². The van der Waals surface area contributed by atoms with Crippen molar-refractivity contribution in [2.24, 2.45) is 23.1 Å². The summed E-state index contributed by atoms with van der Waals surface area (Å²) in [6.07, 6.45) is 0.0519. The van der Waals surface area contributed by atoms with Gasteiger partial charge in [0.15, 0.2) is 0 Å². The Morgan fingerprint density at radius 3 is 1.32 bits per heavy atom. The SMILES string of the molecule is CNC(=O)C(CSSC)NC(=O)C(Cc1ccc(O)cc1)NC(=O)C(NC(=O)CNC(=O)C(CC(N)=O)NC(=O)CNC(=O)C(Cc1ccc(O)cc1)NC(=O)C(Cc1ccc(O)cc1)NC(=O)C(CCCCN)NC(=O)C(N)[C@H](C)O)C(C)C. The molecule has 0 bridgehead atoms. The molecule has 0 aliphatic rings. The van der Waals surface area contributed by atoms with E-state index in [0.29, 0.717) is 29.5 Å². The van der Waals surface area contributed by atoms with Gasteiger partial charge < -0.3 is 90.8 Å². The summed E-state index contributed by atoms with van der Waals surface area (Å²) >= 11 is 0. The van der Waals surface area contributed by atoms with Crippen LogP contribution in [0.2, 0.25) is 0 Å². The van der Waals surface area contributed by atoms with E-state index in [1.54, 1.807) is 20.1 Å². The van der Waals surface area contributed by atoms with Crippen LogP contribution in [0.5, 0.6) is 17.2 Å². The number of aliphatic hydroxyl groups excluding tert-OH is 1. The number of likely N-dealkylation sites (N-methyl/N-ethyl adjacent to an activating group) is 1. The van der Waals surface area contributed by atoms with Gasteiger partial charge in [0.25, 0.3) is 0 Å². The number of benzene rings is 3. The van der Waals surface area contributed by atoms with Crippen LogP contribution in [0.3, 0.4) is 0 Å². The number of hydrogen-bond donors (Lipinski definition) is 17. The maximum absolute atomic E-state index is 14.3. The Labute approximate surface area is 499 Å². The minimum Gasteiger partial charge on any atom is -0.508 e. The molecule has 466 valence electrons. The summed E-state index contributed by atoms with van der Waals surface area (Å²) in [6, 6.07) is 6.15. The van der Waals surface area contributed by atoms with Crippen LogP contribution in [0.15, 0.2) is 72.8 Å². The number of unbranched alkanes of at least 4 members (excludes halogenated alkanes) is 1. The molecule has 30 heteroatoms. The predicted octanol–water partition coefficient (Wildman–Crippen LogP) is -3.42. The molecule has 85 heavy (non-hydrogen) atoms. The number of aliphatic hydroxyl groups is 1. The molecule has 0 radical (unpaired) electrons. The summed E-state index contributed by atoms with van der Waals surface area (Å²) < 4.78 is 0. The molecule has 0 aliphatic heterocycles. The molecule has 3 aromatic carbocycles. The van der Waals surface area contributed by atoms with E-state index in [2.05, 4.69) is 53.2 Å². The van der Waals surface area contributed by atoms with Crippen LogP contribution in [-0.2, 0) is 72.0 Å². The monoisotopic (exact) mass is 1230 g/mol. The van der Waals surface area contributed by atoms with Gasteiger partial charge >= 0.3 is 0 Å². The number of rotatable bonds is 36. The topological polar surface area (TPSA) is 467 Å². The van der Waals surface area contributed by atoms with Gasteiger partial charge in [-0.15, -0.1) is 0 Å². The maximum Gasteiger partial charge on any atom is 0.243 e. The lowest BCUT2D eigenvalue weighted by Crippen LogP contribution is -2.59. The third-order valence-corrected chi connectivity index (χ3v) is 14.7. The zero-order valence-corrected chi connectivity index (χ0v) is 49.4. The van der Waals surface area contributed by atoms with E-state index in [1.807, 2.05) is 0 Å². The molecule has 0 saturated heterocycles. The summed E-state index contributed by atoms with van der Waals surface area (Å²) in [5.74, 6) is -10.4. The first kappa shape index (κ1) is 71.1. The normalized spacial score (nSPS) is 14.2. The van der Waals surface area contributed by atoms with Crippen LogP contribution in [0, 0.1) is 5.92 Å². The molecule has 28 nitrogen and oxygen atoms in total. The number of carbonyl (C=O) groups excluding carboxylic acids is 11. The van der Waals surface area contributed by atoms with Crippen molar-refractivity contribution in [3.05, 3.63) is 89.5 Å². The molecule has 0 aromatic heterocycles. The van der Waals surface area contributed by atoms with Crippen LogP contribution >= 0.6 is 21.6 Å². The number of nitrogens with one attached hydrogen (secondary N) is 10. The van der Waals surface area contributed by atoms with Gasteiger partial charge in [-0.3, -0.25) is 52.7 Å². The van der Waals surface area contributed by atoms with Crippen molar-refractivity contribution in [2.75, 3.05) is 38.7 Å². The van der Waals surface area contributed by atoms with E-state index in [4.69, 9.17) is 17.2 Å². The summed E-state index contributed by atoms with van der Waals surface area (Å²) in [6.45, 7) is 3.09. The number of hydrogen-bond acceptors (Lipinski definition) is 19. The third kappa shape index (κ3) is 25.7. The Hall–Kier alpha value is -8.19. The molecule has 9 atom stereocenters. The van der Waals surface area contributed by atoms with Gasteiger partial charge in [-0.05, 0) is 98.0 Å². The number of primary amides is 1.